The van der Waals surface area contributed by atoms with E-state index in [4.69, 9.17) is 11.6 Å². The largest absolute Gasteiger partial charge is 0.504 e. The van der Waals surface area contributed by atoms with E-state index in [0.717, 1.165) is 4.90 Å². The van der Waals surface area contributed by atoms with Crippen LogP contribution in [0.1, 0.15) is 41.5 Å². The SMILES string of the molecule is CC(C)(C)N1C(=O)c2c(O)c(O)c(O)c(Cl)c2C1=O. The monoisotopic (exact) mass is 285 g/mol. The molecule has 1 heterocycles. The number of rotatable bonds is 0. The van der Waals surface area contributed by atoms with E-state index >= 15 is 0 Å². The van der Waals surface area contributed by atoms with E-state index in [0.29, 0.717) is 0 Å². The standard InChI is InChI=1S/C12H12ClNO5/c1-12(2,3)14-10(18)4-5(11(14)19)7(15)9(17)8(16)6(4)13/h15-17H,1-3H3. The highest BCUT2D eigenvalue weighted by Gasteiger charge is 2.46. The number of nitrogens with zero attached hydrogens (tertiary/aromatic N) is 1. The molecule has 1 aromatic rings. The van der Waals surface area contributed by atoms with Crippen molar-refractivity contribution >= 4 is 23.4 Å². The van der Waals surface area contributed by atoms with Gasteiger partial charge in [0.05, 0.1) is 5.56 Å². The van der Waals surface area contributed by atoms with Crippen molar-refractivity contribution in [2.45, 2.75) is 26.3 Å². The molecule has 6 nitrogen and oxygen atoms in total. The summed E-state index contributed by atoms with van der Waals surface area (Å²) in [4.78, 5) is 25.3. The second-order valence-electron chi connectivity index (χ2n) is 5.23. The summed E-state index contributed by atoms with van der Waals surface area (Å²) in [5.74, 6) is -4.07. The number of carbonyl (C=O) groups is 2. The number of benzene rings is 1. The predicted molar refractivity (Wildman–Crippen MR) is 66.7 cm³/mol. The van der Waals surface area contributed by atoms with Gasteiger partial charge in [0.1, 0.15) is 10.6 Å². The Morgan fingerprint density at radius 1 is 0.895 bits per heavy atom. The second kappa shape index (κ2) is 3.77. The van der Waals surface area contributed by atoms with Crippen molar-refractivity contribution in [1.82, 2.24) is 4.90 Å². The van der Waals surface area contributed by atoms with Gasteiger partial charge in [-0.05, 0) is 20.8 Å². The maximum atomic E-state index is 12.2. The molecule has 19 heavy (non-hydrogen) atoms. The molecule has 0 spiro atoms. The Morgan fingerprint density at radius 2 is 1.37 bits per heavy atom. The van der Waals surface area contributed by atoms with Gasteiger partial charge in [0.2, 0.25) is 5.75 Å². The fourth-order valence-corrected chi connectivity index (χ4v) is 2.28. The van der Waals surface area contributed by atoms with Gasteiger partial charge in [0, 0.05) is 5.54 Å². The topological polar surface area (TPSA) is 98.1 Å². The first-order valence-electron chi connectivity index (χ1n) is 5.44. The van der Waals surface area contributed by atoms with Gasteiger partial charge in [0.15, 0.2) is 11.5 Å². The lowest BCUT2D eigenvalue weighted by molar-refractivity contribution is 0.0507. The summed E-state index contributed by atoms with van der Waals surface area (Å²) in [6, 6.07) is 0. The van der Waals surface area contributed by atoms with E-state index in [1.807, 2.05) is 0 Å². The number of hydrogen-bond acceptors (Lipinski definition) is 5. The van der Waals surface area contributed by atoms with Crippen LogP contribution >= 0.6 is 11.6 Å². The number of halogens is 1. The lowest BCUT2D eigenvalue weighted by Gasteiger charge is -2.29. The highest BCUT2D eigenvalue weighted by atomic mass is 35.5. The minimum Gasteiger partial charge on any atom is -0.504 e. The summed E-state index contributed by atoms with van der Waals surface area (Å²) in [7, 11) is 0. The number of phenols is 3. The third kappa shape index (κ3) is 1.63. The Labute approximate surface area is 113 Å². The summed E-state index contributed by atoms with van der Waals surface area (Å²) in [5.41, 5.74) is -1.51. The van der Waals surface area contributed by atoms with Crippen molar-refractivity contribution in [3.8, 4) is 17.2 Å². The molecular weight excluding hydrogens is 274 g/mol. The molecule has 0 atom stereocenters. The summed E-state index contributed by atoms with van der Waals surface area (Å²) < 4.78 is 0. The first kappa shape index (κ1) is 13.5. The molecule has 0 fully saturated rings. The minimum absolute atomic E-state index is 0.297. The number of imide groups is 1. The molecule has 2 rings (SSSR count). The molecule has 0 saturated heterocycles. The van der Waals surface area contributed by atoms with Crippen molar-refractivity contribution in [1.29, 1.82) is 0 Å². The van der Waals surface area contributed by atoms with E-state index in [2.05, 4.69) is 0 Å². The van der Waals surface area contributed by atoms with Crippen LogP contribution in [0.2, 0.25) is 5.02 Å². The van der Waals surface area contributed by atoms with Crippen LogP contribution in [0.15, 0.2) is 0 Å². The number of amides is 2. The summed E-state index contributed by atoms with van der Waals surface area (Å²) in [5, 5.41) is 28.3. The summed E-state index contributed by atoms with van der Waals surface area (Å²) in [6.07, 6.45) is 0. The van der Waals surface area contributed by atoms with Crippen LogP contribution in [0.5, 0.6) is 17.2 Å². The highest BCUT2D eigenvalue weighted by molar-refractivity contribution is 6.39. The van der Waals surface area contributed by atoms with Crippen LogP contribution in [-0.2, 0) is 0 Å². The van der Waals surface area contributed by atoms with Crippen LogP contribution < -0.4 is 0 Å². The van der Waals surface area contributed by atoms with E-state index in [1.165, 1.54) is 0 Å². The van der Waals surface area contributed by atoms with Gasteiger partial charge in [-0.1, -0.05) is 11.6 Å². The third-order valence-electron chi connectivity index (χ3n) is 2.87. The second-order valence-corrected chi connectivity index (χ2v) is 5.60. The first-order chi connectivity index (χ1) is 8.59. The van der Waals surface area contributed by atoms with E-state index in [1.54, 1.807) is 20.8 Å². The zero-order valence-electron chi connectivity index (χ0n) is 10.5. The van der Waals surface area contributed by atoms with Gasteiger partial charge in [-0.25, -0.2) is 0 Å². The Hall–Kier alpha value is -1.95. The molecule has 1 aliphatic rings. The lowest BCUT2D eigenvalue weighted by atomic mass is 10.1. The van der Waals surface area contributed by atoms with Gasteiger partial charge in [-0.15, -0.1) is 0 Å². The normalized spacial score (nSPS) is 15.1. The fourth-order valence-electron chi connectivity index (χ4n) is 2.02. The van der Waals surface area contributed by atoms with Crippen LogP contribution in [0.3, 0.4) is 0 Å². The summed E-state index contributed by atoms with van der Waals surface area (Å²) >= 11 is 5.77. The zero-order chi connectivity index (χ0) is 14.7. The molecule has 0 bridgehead atoms. The molecule has 1 aliphatic heterocycles. The van der Waals surface area contributed by atoms with Crippen molar-refractivity contribution in [3.05, 3.63) is 16.1 Å². The average Bonchev–Trinajstić information content (AvgIpc) is 2.55. The van der Waals surface area contributed by atoms with Crippen molar-refractivity contribution in [2.24, 2.45) is 0 Å². The molecule has 7 heteroatoms. The van der Waals surface area contributed by atoms with E-state index in [-0.39, 0.29) is 11.1 Å². The Bertz CT molecular complexity index is 571. The maximum Gasteiger partial charge on any atom is 0.266 e. The quantitative estimate of drug-likeness (QED) is 0.499. The smallest absolute Gasteiger partial charge is 0.266 e. The molecule has 0 aromatic heterocycles. The Balaban J connectivity index is 2.81. The van der Waals surface area contributed by atoms with Gasteiger partial charge < -0.3 is 15.3 Å². The number of hydrogen-bond donors (Lipinski definition) is 3. The molecule has 0 radical (unpaired) electrons. The van der Waals surface area contributed by atoms with Crippen LogP contribution in [-0.4, -0.2) is 37.6 Å². The highest BCUT2D eigenvalue weighted by Crippen LogP contribution is 2.49. The molecule has 1 aromatic carbocycles. The number of aromatic hydroxyl groups is 3. The molecule has 0 unspecified atom stereocenters. The van der Waals surface area contributed by atoms with Crippen molar-refractivity contribution in [3.63, 3.8) is 0 Å². The van der Waals surface area contributed by atoms with Crippen LogP contribution in [0, 0.1) is 0 Å². The molecule has 0 aliphatic carbocycles. The molecule has 102 valence electrons. The van der Waals surface area contributed by atoms with E-state index < -0.39 is 39.6 Å². The number of fused-ring (bicyclic) bond motifs is 1. The molecule has 2 amide bonds. The van der Waals surface area contributed by atoms with E-state index in [9.17, 15) is 24.9 Å². The van der Waals surface area contributed by atoms with Gasteiger partial charge in [-0.3, -0.25) is 14.5 Å². The minimum atomic E-state index is -0.916. The maximum absolute atomic E-state index is 12.2. The fraction of sp³-hybridized carbons (Fsp3) is 0.333. The predicted octanol–water partition coefficient (Wildman–Crippen LogP) is 1.85. The molecular formula is C12H12ClNO5. The van der Waals surface area contributed by atoms with Gasteiger partial charge in [-0.2, -0.15) is 0 Å². The lowest BCUT2D eigenvalue weighted by Crippen LogP contribution is -2.45. The van der Waals surface area contributed by atoms with Crippen LogP contribution in [0.25, 0.3) is 0 Å². The van der Waals surface area contributed by atoms with Crippen LogP contribution in [0.4, 0.5) is 0 Å². The summed E-state index contributed by atoms with van der Waals surface area (Å²) in [6.45, 7) is 4.91. The zero-order valence-corrected chi connectivity index (χ0v) is 11.2. The molecule has 3 N–H and O–H groups in total. The Kier molecular flexibility index (Phi) is 2.68. The van der Waals surface area contributed by atoms with Crippen molar-refractivity contribution in [2.75, 3.05) is 0 Å². The third-order valence-corrected chi connectivity index (χ3v) is 3.24. The Morgan fingerprint density at radius 3 is 1.84 bits per heavy atom. The average molecular weight is 286 g/mol. The van der Waals surface area contributed by atoms with Gasteiger partial charge in [0.25, 0.3) is 11.8 Å². The number of carbonyl (C=O) groups excluding carboxylic acids is 2. The van der Waals surface area contributed by atoms with Crippen molar-refractivity contribution < 1.29 is 24.9 Å². The van der Waals surface area contributed by atoms with Gasteiger partial charge >= 0.3 is 0 Å². The number of phenolic OH excluding ortho intramolecular Hbond substituents is 3. The molecule has 0 saturated carbocycles. The first-order valence-corrected chi connectivity index (χ1v) is 5.82.